The Balaban J connectivity index is 1.89. The first-order valence-corrected chi connectivity index (χ1v) is 10.1. The molecular formula is C24H22ClN3O2. The minimum absolute atomic E-state index is 0.0432. The Labute approximate surface area is 179 Å². The number of halogens is 1. The van der Waals surface area contributed by atoms with E-state index in [0.29, 0.717) is 33.1 Å². The maximum Gasteiger partial charge on any atom is 0.196 e. The number of hydrogen-bond acceptors (Lipinski definition) is 5. The number of benzene rings is 1. The van der Waals surface area contributed by atoms with Crippen LogP contribution in [0.25, 0.3) is 22.4 Å². The van der Waals surface area contributed by atoms with Crippen molar-refractivity contribution in [2.75, 3.05) is 5.32 Å². The van der Waals surface area contributed by atoms with Gasteiger partial charge in [0, 0.05) is 17.3 Å². The minimum Gasteiger partial charge on any atom is -0.454 e. The monoisotopic (exact) mass is 419 g/mol. The van der Waals surface area contributed by atoms with E-state index < -0.39 is 0 Å². The summed E-state index contributed by atoms with van der Waals surface area (Å²) in [4.78, 5) is 21.8. The topological polar surface area (TPSA) is 68.0 Å². The van der Waals surface area contributed by atoms with Gasteiger partial charge in [0.25, 0.3) is 0 Å². The van der Waals surface area contributed by atoms with E-state index in [1.807, 2.05) is 57.2 Å². The molecule has 0 fully saturated rings. The van der Waals surface area contributed by atoms with Crippen molar-refractivity contribution in [3.8, 4) is 11.5 Å². The van der Waals surface area contributed by atoms with Gasteiger partial charge in [0.2, 0.25) is 0 Å². The molecule has 0 aliphatic heterocycles. The fourth-order valence-electron chi connectivity index (χ4n) is 3.62. The highest BCUT2D eigenvalue weighted by atomic mass is 35.5. The van der Waals surface area contributed by atoms with Crippen molar-refractivity contribution in [3.05, 3.63) is 86.4 Å². The Bertz CT molecular complexity index is 1300. The molecule has 0 bridgehead atoms. The zero-order chi connectivity index (χ0) is 21.4. The second-order valence-electron chi connectivity index (χ2n) is 7.46. The molecule has 1 N–H and O–H groups in total. The lowest BCUT2D eigenvalue weighted by Gasteiger charge is -2.19. The molecule has 1 aromatic carbocycles. The average molecular weight is 420 g/mol. The van der Waals surface area contributed by atoms with Crippen molar-refractivity contribution in [2.45, 2.75) is 33.7 Å². The first-order chi connectivity index (χ1) is 14.3. The lowest BCUT2D eigenvalue weighted by molar-refractivity contribution is 0.603. The molecular weight excluding hydrogens is 398 g/mol. The lowest BCUT2D eigenvalue weighted by Crippen LogP contribution is -2.13. The summed E-state index contributed by atoms with van der Waals surface area (Å²) in [5.41, 5.74) is 5.28. The van der Waals surface area contributed by atoms with Gasteiger partial charge in [-0.15, -0.1) is 0 Å². The van der Waals surface area contributed by atoms with Crippen LogP contribution in [0.3, 0.4) is 0 Å². The summed E-state index contributed by atoms with van der Waals surface area (Å²) in [5, 5.41) is 4.49. The predicted octanol–water partition coefficient (Wildman–Crippen LogP) is 6.00. The highest BCUT2D eigenvalue weighted by molar-refractivity contribution is 6.29. The van der Waals surface area contributed by atoms with Gasteiger partial charge in [-0.1, -0.05) is 23.7 Å². The molecule has 5 nitrogen and oxygen atoms in total. The van der Waals surface area contributed by atoms with Gasteiger partial charge in [-0.05, 0) is 63.6 Å². The molecule has 3 aromatic heterocycles. The van der Waals surface area contributed by atoms with E-state index in [4.69, 9.17) is 16.0 Å². The zero-order valence-corrected chi connectivity index (χ0v) is 18.0. The van der Waals surface area contributed by atoms with Crippen LogP contribution in [0.15, 0.2) is 57.9 Å². The van der Waals surface area contributed by atoms with E-state index in [9.17, 15) is 4.79 Å². The predicted molar refractivity (Wildman–Crippen MR) is 121 cm³/mol. The molecule has 1 unspecified atom stereocenters. The molecule has 0 saturated heterocycles. The van der Waals surface area contributed by atoms with Crippen molar-refractivity contribution in [2.24, 2.45) is 0 Å². The van der Waals surface area contributed by atoms with Gasteiger partial charge < -0.3 is 9.73 Å². The van der Waals surface area contributed by atoms with Crippen LogP contribution in [-0.4, -0.2) is 9.97 Å². The quantitative estimate of drug-likeness (QED) is 0.411. The standard InChI is InChI=1S/C24H22ClN3O2/c1-13-11-17(15(3)27-19-8-9-21(25)28-16(19)4)24-18(12-13)22(29)14(2)23(30-24)20-7-5-6-10-26-20/h5-12,15,27H,1-4H3. The summed E-state index contributed by atoms with van der Waals surface area (Å²) in [6.45, 7) is 7.69. The number of hydrogen-bond donors (Lipinski definition) is 1. The van der Waals surface area contributed by atoms with Crippen molar-refractivity contribution >= 4 is 28.3 Å². The minimum atomic E-state index is -0.128. The summed E-state index contributed by atoms with van der Waals surface area (Å²) in [7, 11) is 0. The molecule has 152 valence electrons. The number of aromatic nitrogens is 2. The van der Waals surface area contributed by atoms with Crippen molar-refractivity contribution < 1.29 is 4.42 Å². The second kappa shape index (κ2) is 7.92. The Hall–Kier alpha value is -3.18. The van der Waals surface area contributed by atoms with Crippen molar-refractivity contribution in [1.82, 2.24) is 9.97 Å². The van der Waals surface area contributed by atoms with Crippen LogP contribution in [0.4, 0.5) is 5.69 Å². The molecule has 0 amide bonds. The summed E-state index contributed by atoms with van der Waals surface area (Å²) < 4.78 is 6.31. The summed E-state index contributed by atoms with van der Waals surface area (Å²) in [6, 6.07) is 13.0. The van der Waals surface area contributed by atoms with Crippen LogP contribution in [0.5, 0.6) is 0 Å². The van der Waals surface area contributed by atoms with Gasteiger partial charge in [-0.2, -0.15) is 0 Å². The third kappa shape index (κ3) is 3.68. The highest BCUT2D eigenvalue weighted by Crippen LogP contribution is 2.32. The Morgan fingerprint density at radius 1 is 1.10 bits per heavy atom. The summed E-state index contributed by atoms with van der Waals surface area (Å²) >= 11 is 5.98. The first kappa shape index (κ1) is 20.1. The maximum absolute atomic E-state index is 13.2. The van der Waals surface area contributed by atoms with E-state index in [1.54, 1.807) is 19.2 Å². The molecule has 1 atom stereocenters. The fraction of sp³-hybridized carbons (Fsp3) is 0.208. The number of nitrogens with zero attached hydrogens (tertiary/aromatic N) is 2. The van der Waals surface area contributed by atoms with Crippen LogP contribution in [0.2, 0.25) is 5.15 Å². The first-order valence-electron chi connectivity index (χ1n) is 9.74. The number of aryl methyl sites for hydroxylation is 2. The summed E-state index contributed by atoms with van der Waals surface area (Å²) in [6.07, 6.45) is 1.69. The summed E-state index contributed by atoms with van der Waals surface area (Å²) in [5.74, 6) is 0.495. The fourth-order valence-corrected chi connectivity index (χ4v) is 3.81. The largest absolute Gasteiger partial charge is 0.454 e. The smallest absolute Gasteiger partial charge is 0.196 e. The molecule has 0 radical (unpaired) electrons. The number of pyridine rings is 2. The average Bonchev–Trinajstić information content (AvgIpc) is 2.73. The molecule has 0 aliphatic rings. The molecule has 6 heteroatoms. The van der Waals surface area contributed by atoms with Crippen molar-refractivity contribution in [1.29, 1.82) is 0 Å². The second-order valence-corrected chi connectivity index (χ2v) is 7.85. The van der Waals surface area contributed by atoms with Crippen LogP contribution in [-0.2, 0) is 0 Å². The van der Waals surface area contributed by atoms with E-state index in [1.165, 1.54) is 0 Å². The molecule has 0 spiro atoms. The van der Waals surface area contributed by atoms with Crippen LogP contribution in [0, 0.1) is 20.8 Å². The Morgan fingerprint density at radius 2 is 1.90 bits per heavy atom. The van der Waals surface area contributed by atoms with E-state index in [-0.39, 0.29) is 11.5 Å². The highest BCUT2D eigenvalue weighted by Gasteiger charge is 2.19. The van der Waals surface area contributed by atoms with Gasteiger partial charge in [0.15, 0.2) is 11.2 Å². The van der Waals surface area contributed by atoms with Crippen LogP contribution in [0.1, 0.15) is 35.3 Å². The van der Waals surface area contributed by atoms with Gasteiger partial charge in [0.1, 0.15) is 16.4 Å². The zero-order valence-electron chi connectivity index (χ0n) is 17.3. The lowest BCUT2D eigenvalue weighted by atomic mass is 9.99. The normalized spacial score (nSPS) is 12.2. The third-order valence-corrected chi connectivity index (χ3v) is 5.39. The van der Waals surface area contributed by atoms with Gasteiger partial charge in [0.05, 0.1) is 22.8 Å². The number of nitrogens with one attached hydrogen (secondary N) is 1. The van der Waals surface area contributed by atoms with E-state index in [0.717, 1.165) is 22.5 Å². The molecule has 4 rings (SSSR count). The van der Waals surface area contributed by atoms with Crippen LogP contribution < -0.4 is 10.7 Å². The van der Waals surface area contributed by atoms with E-state index >= 15 is 0 Å². The number of rotatable bonds is 4. The SMILES string of the molecule is Cc1cc(C(C)Nc2ccc(Cl)nc2C)c2oc(-c3ccccn3)c(C)c(=O)c2c1. The van der Waals surface area contributed by atoms with Gasteiger partial charge in [-0.25, -0.2) is 4.98 Å². The molecule has 0 aliphatic carbocycles. The van der Waals surface area contributed by atoms with Gasteiger partial charge >= 0.3 is 0 Å². The third-order valence-electron chi connectivity index (χ3n) is 5.18. The number of fused-ring (bicyclic) bond motifs is 1. The molecule has 3 heterocycles. The van der Waals surface area contributed by atoms with Crippen LogP contribution >= 0.6 is 11.6 Å². The van der Waals surface area contributed by atoms with E-state index in [2.05, 4.69) is 15.3 Å². The van der Waals surface area contributed by atoms with Gasteiger partial charge in [-0.3, -0.25) is 9.78 Å². The van der Waals surface area contributed by atoms with Crippen molar-refractivity contribution in [3.63, 3.8) is 0 Å². The number of anilines is 1. The molecule has 0 saturated carbocycles. The molecule has 4 aromatic rings. The Kier molecular flexibility index (Phi) is 5.31. The Morgan fingerprint density at radius 3 is 2.60 bits per heavy atom. The molecule has 30 heavy (non-hydrogen) atoms. The maximum atomic E-state index is 13.2.